The standard InChI is InChI=1S/C61H89N3O18/c1-38-22-16-13-11-9-7-5-6-8-10-12-14-19-26-46(81-60-57(74)54(56(73)41(4)80-60)64-58(75)47(63)27-20-30-62)35-51-53(59(76)78-31-21-25-42-23-17-15-18-24-42)50(70)37-61(77,82-51)36-45(67)33-49(69)48(68)29-28-43(65)32-44(66)34-52(71)79-40(3)39(2)55(38)72/h5-19,22-24,26,38-41,43-51,53-57,60,65-70,72-74,77H,20,27-37,62-63H2,1-4H3,(H,64,75)/t38-,39-,40-,41+,43+,44+,45-,46-,47+,48+,49+,50-,51-,53+,54-,55+,56+,57-,60-,61+/m0/s1. The number of rotatable bonds is 9. The van der Waals surface area contributed by atoms with Crippen molar-refractivity contribution in [1.29, 1.82) is 0 Å². The second kappa shape index (κ2) is 35.8. The summed E-state index contributed by atoms with van der Waals surface area (Å²) in [6, 6.07) is 6.56. The third-order valence-electron chi connectivity index (χ3n) is 14.6. The number of carbonyl (C=O) groups is 3. The Hall–Kier alpha value is -5.23. The molecule has 0 aliphatic carbocycles. The predicted octanol–water partition coefficient (Wildman–Crippen LogP) is 1.45. The van der Waals surface area contributed by atoms with Gasteiger partial charge in [-0.1, -0.05) is 129 Å². The molecular weight excluding hydrogens is 1060 g/mol. The minimum Gasteiger partial charge on any atom is -0.462 e. The number of benzene rings is 1. The molecule has 0 unspecified atom stereocenters. The SMILES string of the molecule is C[C@@H]1[C@H](O)[C@@H](C)C=CC=CC=CC=CC=CC=CC=C[C@H](O[C@@H]2O[C@H](C)[C@@H](O)[C@H](NC(=O)[C@H](N)CCCN)[C@@H]2O)C[C@@H]2O[C@](O)(C[C@@H](O)C[C@@H](O)[C@H](O)CC[C@@H](O)C[C@@H](O)CC(=O)O[C@H]1C)C[C@H](O)[C@H]2C(=O)OCC#Cc1ccccc1. The Kier molecular flexibility index (Phi) is 30.2. The Bertz CT molecular complexity index is 2370. The van der Waals surface area contributed by atoms with Crippen LogP contribution in [0.1, 0.15) is 97.5 Å². The number of nitrogens with one attached hydrogen (secondary N) is 1. The van der Waals surface area contributed by atoms with Crippen LogP contribution in [-0.4, -0.2) is 186 Å². The number of aliphatic hydroxyl groups is 10. The first-order valence-corrected chi connectivity index (χ1v) is 28.2. The van der Waals surface area contributed by atoms with Crippen LogP contribution in [0.2, 0.25) is 0 Å². The molecule has 2 saturated heterocycles. The Morgan fingerprint density at radius 3 is 1.99 bits per heavy atom. The van der Waals surface area contributed by atoms with E-state index in [1.807, 2.05) is 19.1 Å². The van der Waals surface area contributed by atoms with Crippen molar-refractivity contribution in [2.45, 2.75) is 195 Å². The quantitative estimate of drug-likeness (QED) is 0.123. The van der Waals surface area contributed by atoms with Gasteiger partial charge >= 0.3 is 11.9 Å². The molecule has 2 bridgehead atoms. The fourth-order valence-corrected chi connectivity index (χ4v) is 9.70. The molecule has 0 saturated carbocycles. The van der Waals surface area contributed by atoms with Crippen molar-refractivity contribution in [1.82, 2.24) is 5.32 Å². The lowest BCUT2D eigenvalue weighted by Gasteiger charge is -2.46. The predicted molar refractivity (Wildman–Crippen MR) is 304 cm³/mol. The van der Waals surface area contributed by atoms with E-state index in [1.54, 1.807) is 111 Å². The first-order chi connectivity index (χ1) is 39.0. The molecule has 0 radical (unpaired) electrons. The van der Waals surface area contributed by atoms with Crippen LogP contribution in [0.5, 0.6) is 0 Å². The maximum atomic E-state index is 14.0. The summed E-state index contributed by atoms with van der Waals surface area (Å²) in [5.74, 6) is -1.39. The van der Waals surface area contributed by atoms with E-state index in [0.717, 1.165) is 0 Å². The van der Waals surface area contributed by atoms with Crippen molar-refractivity contribution in [2.75, 3.05) is 13.2 Å². The number of carbonyl (C=O) groups excluding carboxylic acids is 3. The molecule has 1 aromatic rings. The smallest absolute Gasteiger partial charge is 0.315 e. The van der Waals surface area contributed by atoms with Gasteiger partial charge < -0.3 is 91.5 Å². The summed E-state index contributed by atoms with van der Waals surface area (Å²) >= 11 is 0. The number of allylic oxidation sites excluding steroid dienone is 12. The average molecular weight is 1150 g/mol. The molecule has 456 valence electrons. The van der Waals surface area contributed by atoms with E-state index >= 15 is 0 Å². The van der Waals surface area contributed by atoms with E-state index in [-0.39, 0.29) is 44.6 Å². The van der Waals surface area contributed by atoms with Crippen LogP contribution in [0.3, 0.4) is 0 Å². The van der Waals surface area contributed by atoms with Crippen molar-refractivity contribution in [3.63, 3.8) is 0 Å². The Morgan fingerprint density at radius 1 is 0.732 bits per heavy atom. The van der Waals surface area contributed by atoms with Gasteiger partial charge in [-0.25, -0.2) is 0 Å². The summed E-state index contributed by atoms with van der Waals surface area (Å²) in [5, 5.41) is 115. The molecule has 1 aromatic carbocycles. The summed E-state index contributed by atoms with van der Waals surface area (Å²) < 4.78 is 29.6. The van der Waals surface area contributed by atoms with Gasteiger partial charge in [0, 0.05) is 43.1 Å². The third kappa shape index (κ3) is 23.8. The Labute approximate surface area is 481 Å². The normalized spacial score (nSPS) is 35.8. The second-order valence-electron chi connectivity index (χ2n) is 21.5. The lowest BCUT2D eigenvalue weighted by atomic mass is 9.82. The van der Waals surface area contributed by atoms with Gasteiger partial charge in [-0.3, -0.25) is 14.4 Å². The molecule has 3 heterocycles. The van der Waals surface area contributed by atoms with E-state index in [2.05, 4.69) is 17.2 Å². The molecular formula is C61H89N3O18. The summed E-state index contributed by atoms with van der Waals surface area (Å²) in [7, 11) is 0. The number of esters is 2. The first kappa shape index (κ1) is 69.3. The molecule has 4 rings (SSSR count). The summed E-state index contributed by atoms with van der Waals surface area (Å²) in [4.78, 5) is 39.9. The van der Waals surface area contributed by atoms with Crippen LogP contribution in [0.4, 0.5) is 0 Å². The summed E-state index contributed by atoms with van der Waals surface area (Å²) in [5.41, 5.74) is 12.3. The molecule has 0 spiro atoms. The highest BCUT2D eigenvalue weighted by Gasteiger charge is 2.52. The number of hydrogen-bond acceptors (Lipinski definition) is 20. The van der Waals surface area contributed by atoms with Crippen LogP contribution >= 0.6 is 0 Å². The molecule has 82 heavy (non-hydrogen) atoms. The number of cyclic esters (lactones) is 1. The van der Waals surface area contributed by atoms with Gasteiger partial charge in [0.05, 0.1) is 79.5 Å². The van der Waals surface area contributed by atoms with Crippen molar-refractivity contribution >= 4 is 17.8 Å². The molecule has 20 atom stereocenters. The lowest BCUT2D eigenvalue weighted by molar-refractivity contribution is -0.309. The summed E-state index contributed by atoms with van der Waals surface area (Å²) in [6.07, 6.45) is 2.86. The van der Waals surface area contributed by atoms with Crippen LogP contribution < -0.4 is 16.8 Å². The number of fused-ring (bicyclic) bond motifs is 2. The van der Waals surface area contributed by atoms with E-state index in [4.69, 9.17) is 35.2 Å². The number of amides is 1. The topological polar surface area (TPSA) is 364 Å². The van der Waals surface area contributed by atoms with Gasteiger partial charge in [0.25, 0.3) is 0 Å². The zero-order chi connectivity index (χ0) is 60.4. The Morgan fingerprint density at radius 2 is 1.35 bits per heavy atom. The van der Waals surface area contributed by atoms with Gasteiger partial charge in [0.15, 0.2) is 18.7 Å². The zero-order valence-corrected chi connectivity index (χ0v) is 47.3. The third-order valence-corrected chi connectivity index (χ3v) is 14.6. The lowest BCUT2D eigenvalue weighted by Crippen LogP contribution is -2.65. The fraction of sp³-hybridized carbons (Fsp3) is 0.590. The fourth-order valence-electron chi connectivity index (χ4n) is 9.70. The Balaban J connectivity index is 1.67. The van der Waals surface area contributed by atoms with E-state index in [0.29, 0.717) is 12.0 Å². The molecule has 0 aromatic heterocycles. The molecule has 21 heteroatoms. The highest BCUT2D eigenvalue weighted by atomic mass is 16.7. The van der Waals surface area contributed by atoms with Gasteiger partial charge in [-0.15, -0.1) is 0 Å². The van der Waals surface area contributed by atoms with Gasteiger partial charge in [-0.05, 0) is 64.6 Å². The van der Waals surface area contributed by atoms with E-state index in [1.165, 1.54) is 13.0 Å². The maximum absolute atomic E-state index is 14.0. The highest BCUT2D eigenvalue weighted by molar-refractivity contribution is 5.82. The van der Waals surface area contributed by atoms with Gasteiger partial charge in [-0.2, -0.15) is 0 Å². The number of ether oxygens (including phenoxy) is 5. The highest BCUT2D eigenvalue weighted by Crippen LogP contribution is 2.39. The van der Waals surface area contributed by atoms with Crippen LogP contribution in [-0.2, 0) is 38.1 Å². The number of hydrogen-bond donors (Lipinski definition) is 13. The second-order valence-corrected chi connectivity index (χ2v) is 21.5. The number of nitrogens with two attached hydrogens (primary N) is 2. The molecule has 3 aliphatic rings. The monoisotopic (exact) mass is 1150 g/mol. The van der Waals surface area contributed by atoms with Gasteiger partial charge in [0.1, 0.15) is 24.2 Å². The molecule has 2 fully saturated rings. The van der Waals surface area contributed by atoms with Crippen LogP contribution in [0.25, 0.3) is 0 Å². The van der Waals surface area contributed by atoms with E-state index in [9.17, 15) is 65.4 Å². The van der Waals surface area contributed by atoms with Crippen LogP contribution in [0.15, 0.2) is 115 Å². The summed E-state index contributed by atoms with van der Waals surface area (Å²) in [6.45, 7) is 6.60. The average Bonchev–Trinajstić information content (AvgIpc) is 3.11. The van der Waals surface area contributed by atoms with Crippen molar-refractivity contribution in [3.8, 4) is 11.8 Å². The van der Waals surface area contributed by atoms with Crippen molar-refractivity contribution in [2.24, 2.45) is 29.2 Å². The minimum absolute atomic E-state index is 0.129. The largest absolute Gasteiger partial charge is 0.462 e. The van der Waals surface area contributed by atoms with Crippen molar-refractivity contribution < 1.29 is 89.1 Å². The molecule has 3 aliphatic heterocycles. The van der Waals surface area contributed by atoms with Crippen LogP contribution in [0, 0.1) is 29.6 Å². The molecule has 21 nitrogen and oxygen atoms in total. The van der Waals surface area contributed by atoms with E-state index < -0.39 is 165 Å². The first-order valence-electron chi connectivity index (χ1n) is 28.2. The minimum atomic E-state index is -2.39. The van der Waals surface area contributed by atoms with Gasteiger partial charge in [0.2, 0.25) is 5.91 Å². The zero-order valence-electron chi connectivity index (χ0n) is 47.3. The van der Waals surface area contributed by atoms with Crippen molar-refractivity contribution in [3.05, 3.63) is 121 Å². The maximum Gasteiger partial charge on any atom is 0.315 e. The number of aliphatic hydroxyl groups excluding tert-OH is 9. The molecule has 15 N–H and O–H groups in total. The molecule has 1 amide bonds.